The summed E-state index contributed by atoms with van der Waals surface area (Å²) in [5.41, 5.74) is 0.929. The molecule has 2 aliphatic heterocycles. The fourth-order valence-electron chi connectivity index (χ4n) is 4.57. The second-order valence-electron chi connectivity index (χ2n) is 7.99. The molecular weight excluding hydrogens is 382 g/mol. The molecule has 2 amide bonds. The molecule has 2 aromatic rings. The van der Waals surface area contributed by atoms with E-state index in [2.05, 4.69) is 14.9 Å². The van der Waals surface area contributed by atoms with E-state index in [0.29, 0.717) is 39.1 Å². The monoisotopic (exact) mass is 411 g/mol. The first-order valence-electron chi connectivity index (χ1n) is 10.6. The Labute approximate surface area is 176 Å². The van der Waals surface area contributed by atoms with Gasteiger partial charge in [0, 0.05) is 57.7 Å². The molecule has 0 saturated carbocycles. The van der Waals surface area contributed by atoms with Crippen LogP contribution in [0, 0.1) is 5.92 Å². The zero-order valence-electron chi connectivity index (χ0n) is 17.7. The number of piperazine rings is 1. The minimum Gasteiger partial charge on any atom is -0.383 e. The maximum absolute atomic E-state index is 13.3. The molecular formula is C22H29N5O3. The zero-order valence-corrected chi connectivity index (χ0v) is 17.7. The lowest BCUT2D eigenvalue weighted by Crippen LogP contribution is -2.56. The normalized spacial score (nSPS) is 22.6. The number of carbonyl (C=O) groups excluding carboxylic acids is 2. The van der Waals surface area contributed by atoms with E-state index in [0.717, 1.165) is 29.8 Å². The minimum atomic E-state index is -0.147. The van der Waals surface area contributed by atoms with Crippen LogP contribution in [0.25, 0.3) is 10.9 Å². The average Bonchev–Trinajstić information content (AvgIpc) is 2.78. The molecule has 8 heteroatoms. The summed E-state index contributed by atoms with van der Waals surface area (Å²) in [4.78, 5) is 40.4. The van der Waals surface area contributed by atoms with Crippen molar-refractivity contribution in [2.75, 3.05) is 51.3 Å². The highest BCUT2D eigenvalue weighted by Gasteiger charge is 2.39. The van der Waals surface area contributed by atoms with E-state index in [-0.39, 0.29) is 23.8 Å². The Hall–Kier alpha value is -2.74. The molecule has 0 spiro atoms. The van der Waals surface area contributed by atoms with Crippen LogP contribution in [0.15, 0.2) is 30.6 Å². The van der Waals surface area contributed by atoms with Gasteiger partial charge in [-0.25, -0.2) is 9.97 Å². The number of hydrogen-bond acceptors (Lipinski definition) is 6. The number of amides is 2. The van der Waals surface area contributed by atoms with Crippen molar-refractivity contribution < 1.29 is 14.3 Å². The number of carbonyl (C=O) groups is 2. The lowest BCUT2D eigenvalue weighted by Gasteiger charge is -2.42. The van der Waals surface area contributed by atoms with Crippen molar-refractivity contribution in [2.45, 2.75) is 25.8 Å². The second kappa shape index (κ2) is 8.95. The molecule has 0 radical (unpaired) electrons. The van der Waals surface area contributed by atoms with E-state index >= 15 is 0 Å². The Balaban J connectivity index is 1.41. The van der Waals surface area contributed by atoms with Crippen LogP contribution in [0.3, 0.4) is 0 Å². The predicted molar refractivity (Wildman–Crippen MR) is 114 cm³/mol. The first kappa shape index (κ1) is 20.5. The minimum absolute atomic E-state index is 0.0993. The lowest BCUT2D eigenvalue weighted by molar-refractivity contribution is -0.147. The van der Waals surface area contributed by atoms with Crippen LogP contribution >= 0.6 is 0 Å². The highest BCUT2D eigenvalue weighted by atomic mass is 16.5. The van der Waals surface area contributed by atoms with Gasteiger partial charge in [0.1, 0.15) is 12.1 Å². The van der Waals surface area contributed by atoms with Gasteiger partial charge >= 0.3 is 0 Å². The van der Waals surface area contributed by atoms with Gasteiger partial charge in [0.05, 0.1) is 18.0 Å². The van der Waals surface area contributed by atoms with Crippen molar-refractivity contribution >= 4 is 28.5 Å². The van der Waals surface area contributed by atoms with Crippen LogP contribution in [0.5, 0.6) is 0 Å². The number of ether oxygens (including phenoxy) is 1. The van der Waals surface area contributed by atoms with Crippen LogP contribution < -0.4 is 4.90 Å². The molecule has 3 heterocycles. The highest BCUT2D eigenvalue weighted by molar-refractivity contribution is 5.89. The first-order chi connectivity index (χ1) is 14.6. The third-order valence-electron chi connectivity index (χ3n) is 6.33. The molecule has 1 aromatic heterocycles. The van der Waals surface area contributed by atoms with Crippen molar-refractivity contribution in [3.63, 3.8) is 0 Å². The number of para-hydroxylation sites is 1. The van der Waals surface area contributed by atoms with Gasteiger partial charge < -0.3 is 19.4 Å². The number of benzene rings is 1. The van der Waals surface area contributed by atoms with Gasteiger partial charge in [-0.2, -0.15) is 0 Å². The number of likely N-dealkylation sites (tertiary alicyclic amines) is 1. The van der Waals surface area contributed by atoms with E-state index in [1.54, 1.807) is 18.3 Å². The molecule has 2 saturated heterocycles. The number of fused-ring (bicyclic) bond motifs is 1. The SMILES string of the molecule is COCCN1C(=O)CC[C@@H](C(=O)N2CCN(c3ncnc4ccccc34)CC2)[C@H]1C. The molecule has 4 rings (SSSR count). The Kier molecular flexibility index (Phi) is 6.13. The predicted octanol–water partition coefficient (Wildman–Crippen LogP) is 1.55. The summed E-state index contributed by atoms with van der Waals surface area (Å²) >= 11 is 0. The van der Waals surface area contributed by atoms with Crippen LogP contribution in [-0.4, -0.2) is 84.1 Å². The quantitative estimate of drug-likeness (QED) is 0.743. The molecule has 2 fully saturated rings. The van der Waals surface area contributed by atoms with E-state index < -0.39 is 0 Å². The number of nitrogens with zero attached hydrogens (tertiary/aromatic N) is 5. The van der Waals surface area contributed by atoms with E-state index in [9.17, 15) is 9.59 Å². The number of aromatic nitrogens is 2. The maximum Gasteiger partial charge on any atom is 0.227 e. The topological polar surface area (TPSA) is 78.9 Å². The molecule has 0 N–H and O–H groups in total. The van der Waals surface area contributed by atoms with Crippen molar-refractivity contribution in [1.29, 1.82) is 0 Å². The number of piperidine rings is 1. The highest BCUT2D eigenvalue weighted by Crippen LogP contribution is 2.28. The smallest absolute Gasteiger partial charge is 0.227 e. The summed E-state index contributed by atoms with van der Waals surface area (Å²) in [5, 5.41) is 1.04. The van der Waals surface area contributed by atoms with Crippen LogP contribution in [0.4, 0.5) is 5.82 Å². The number of anilines is 1. The largest absolute Gasteiger partial charge is 0.383 e. The maximum atomic E-state index is 13.3. The molecule has 160 valence electrons. The Morgan fingerprint density at radius 3 is 2.70 bits per heavy atom. The van der Waals surface area contributed by atoms with Crippen LogP contribution in [-0.2, 0) is 14.3 Å². The third-order valence-corrected chi connectivity index (χ3v) is 6.33. The summed E-state index contributed by atoms with van der Waals surface area (Å²) in [6.07, 6.45) is 2.65. The molecule has 0 unspecified atom stereocenters. The van der Waals surface area contributed by atoms with E-state index in [1.165, 1.54) is 0 Å². The molecule has 8 nitrogen and oxygen atoms in total. The second-order valence-corrected chi connectivity index (χ2v) is 7.99. The molecule has 1 aromatic carbocycles. The summed E-state index contributed by atoms with van der Waals surface area (Å²) < 4.78 is 5.13. The summed E-state index contributed by atoms with van der Waals surface area (Å²) in [5.74, 6) is 1.05. The standard InChI is InChI=1S/C22H29N5O3/c1-16-17(7-8-20(28)27(16)13-14-30-2)22(29)26-11-9-25(10-12-26)21-18-5-3-4-6-19(18)23-15-24-21/h3-6,15-17H,7-14H2,1-2H3/t16-,17-/m1/s1. The number of methoxy groups -OCH3 is 1. The average molecular weight is 412 g/mol. The Morgan fingerprint density at radius 1 is 1.17 bits per heavy atom. The van der Waals surface area contributed by atoms with Gasteiger partial charge in [0.2, 0.25) is 11.8 Å². The van der Waals surface area contributed by atoms with Crippen LogP contribution in [0.2, 0.25) is 0 Å². The Bertz CT molecular complexity index is 907. The van der Waals surface area contributed by atoms with Crippen molar-refractivity contribution in [3.8, 4) is 0 Å². The third kappa shape index (κ3) is 3.96. The van der Waals surface area contributed by atoms with E-state index in [4.69, 9.17) is 4.74 Å². The van der Waals surface area contributed by atoms with Gasteiger partial charge in [-0.1, -0.05) is 12.1 Å². The molecule has 0 aliphatic carbocycles. The molecule has 2 aliphatic rings. The first-order valence-corrected chi connectivity index (χ1v) is 10.6. The summed E-state index contributed by atoms with van der Waals surface area (Å²) in [7, 11) is 1.63. The van der Waals surface area contributed by atoms with Gasteiger partial charge in [-0.3, -0.25) is 9.59 Å². The van der Waals surface area contributed by atoms with Gasteiger partial charge in [-0.05, 0) is 25.5 Å². The molecule has 2 atom stereocenters. The van der Waals surface area contributed by atoms with Crippen LogP contribution in [0.1, 0.15) is 19.8 Å². The van der Waals surface area contributed by atoms with Crippen molar-refractivity contribution in [3.05, 3.63) is 30.6 Å². The zero-order chi connectivity index (χ0) is 21.1. The van der Waals surface area contributed by atoms with Crippen molar-refractivity contribution in [1.82, 2.24) is 19.8 Å². The summed E-state index contributed by atoms with van der Waals surface area (Å²) in [6, 6.07) is 7.90. The lowest BCUT2D eigenvalue weighted by atomic mass is 9.88. The fraction of sp³-hybridized carbons (Fsp3) is 0.545. The van der Waals surface area contributed by atoms with Gasteiger partial charge in [0.25, 0.3) is 0 Å². The Morgan fingerprint density at radius 2 is 1.93 bits per heavy atom. The number of rotatable bonds is 5. The van der Waals surface area contributed by atoms with E-state index in [1.807, 2.05) is 36.1 Å². The number of hydrogen-bond donors (Lipinski definition) is 0. The summed E-state index contributed by atoms with van der Waals surface area (Å²) in [6.45, 7) is 5.80. The van der Waals surface area contributed by atoms with Gasteiger partial charge in [0.15, 0.2) is 0 Å². The molecule has 0 bridgehead atoms. The van der Waals surface area contributed by atoms with Crippen molar-refractivity contribution in [2.24, 2.45) is 5.92 Å². The molecule has 30 heavy (non-hydrogen) atoms. The fourth-order valence-corrected chi connectivity index (χ4v) is 4.57. The van der Waals surface area contributed by atoms with Gasteiger partial charge in [-0.15, -0.1) is 0 Å².